The molecule has 1 N–H and O–H groups in total. The van der Waals surface area contributed by atoms with Crippen molar-refractivity contribution in [2.45, 2.75) is 45.2 Å². The summed E-state index contributed by atoms with van der Waals surface area (Å²) in [6.45, 7) is 5.12. The van der Waals surface area contributed by atoms with Gasteiger partial charge in [-0.3, -0.25) is 14.5 Å². The zero-order valence-electron chi connectivity index (χ0n) is 13.2. The highest BCUT2D eigenvalue weighted by Gasteiger charge is 2.35. The van der Waals surface area contributed by atoms with Crippen LogP contribution < -0.4 is 0 Å². The van der Waals surface area contributed by atoms with Crippen LogP contribution in [-0.4, -0.2) is 52.5 Å². The number of thiophene rings is 1. The molecule has 6 heteroatoms. The number of amides is 1. The maximum absolute atomic E-state index is 12.8. The Morgan fingerprint density at radius 1 is 1.55 bits per heavy atom. The number of carbonyl (C=O) groups is 2. The molecule has 122 valence electrons. The highest BCUT2D eigenvalue weighted by atomic mass is 32.1. The average Bonchev–Trinajstić information content (AvgIpc) is 3.14. The molecule has 2 rings (SSSR count). The van der Waals surface area contributed by atoms with Crippen LogP contribution in [0.2, 0.25) is 0 Å². The topological polar surface area (TPSA) is 60.9 Å². The van der Waals surface area contributed by atoms with E-state index in [2.05, 4.69) is 6.07 Å². The molecular formula is C16H24N2O3S. The number of nitrogens with zero attached hydrogens (tertiary/aromatic N) is 2. The SMILES string of the molecule is CCCN(CC(=O)O)C(C)C(=O)N1CCCC1c1cccs1. The molecule has 0 radical (unpaired) electrons. The van der Waals surface area contributed by atoms with E-state index in [0.29, 0.717) is 6.54 Å². The summed E-state index contributed by atoms with van der Waals surface area (Å²) in [4.78, 5) is 28.8. The fourth-order valence-electron chi connectivity index (χ4n) is 3.07. The van der Waals surface area contributed by atoms with Gasteiger partial charge in [0.1, 0.15) is 0 Å². The standard InChI is InChI=1S/C16H24N2O3S/c1-3-8-17(11-15(19)20)12(2)16(21)18-9-4-6-13(18)14-7-5-10-22-14/h5,7,10,12-13H,3-4,6,8-9,11H2,1-2H3,(H,19,20). The van der Waals surface area contributed by atoms with E-state index in [-0.39, 0.29) is 18.5 Å². The number of rotatable bonds is 7. The van der Waals surface area contributed by atoms with Gasteiger partial charge in [0.05, 0.1) is 18.6 Å². The molecule has 1 amide bonds. The Kier molecular flexibility index (Phi) is 5.97. The van der Waals surface area contributed by atoms with Gasteiger partial charge >= 0.3 is 5.97 Å². The van der Waals surface area contributed by atoms with Crippen molar-refractivity contribution in [1.29, 1.82) is 0 Å². The van der Waals surface area contributed by atoms with E-state index >= 15 is 0 Å². The molecule has 5 nitrogen and oxygen atoms in total. The minimum Gasteiger partial charge on any atom is -0.480 e. The molecule has 22 heavy (non-hydrogen) atoms. The van der Waals surface area contributed by atoms with Gasteiger partial charge in [0, 0.05) is 11.4 Å². The van der Waals surface area contributed by atoms with E-state index in [1.807, 2.05) is 30.2 Å². The second-order valence-corrected chi connectivity index (χ2v) is 6.72. The van der Waals surface area contributed by atoms with Crippen molar-refractivity contribution >= 4 is 23.2 Å². The molecular weight excluding hydrogens is 300 g/mol. The maximum Gasteiger partial charge on any atom is 0.317 e. The lowest BCUT2D eigenvalue weighted by atomic mass is 10.1. The minimum absolute atomic E-state index is 0.0469. The second kappa shape index (κ2) is 7.74. The van der Waals surface area contributed by atoms with Crippen LogP contribution in [0.4, 0.5) is 0 Å². The van der Waals surface area contributed by atoms with Gasteiger partial charge in [-0.2, -0.15) is 0 Å². The van der Waals surface area contributed by atoms with Crippen LogP contribution in [0, 0.1) is 0 Å². The van der Waals surface area contributed by atoms with Gasteiger partial charge in [0.15, 0.2) is 0 Å². The van der Waals surface area contributed by atoms with Gasteiger partial charge in [-0.05, 0) is 44.2 Å². The van der Waals surface area contributed by atoms with Crippen LogP contribution in [0.25, 0.3) is 0 Å². The molecule has 1 saturated heterocycles. The lowest BCUT2D eigenvalue weighted by Crippen LogP contribution is -2.48. The number of hydrogen-bond acceptors (Lipinski definition) is 4. The van der Waals surface area contributed by atoms with Gasteiger partial charge in [-0.1, -0.05) is 13.0 Å². The fourth-order valence-corrected chi connectivity index (χ4v) is 3.95. The fraction of sp³-hybridized carbons (Fsp3) is 0.625. The van der Waals surface area contributed by atoms with Crippen molar-refractivity contribution in [2.24, 2.45) is 0 Å². The smallest absolute Gasteiger partial charge is 0.317 e. The van der Waals surface area contributed by atoms with Crippen molar-refractivity contribution < 1.29 is 14.7 Å². The van der Waals surface area contributed by atoms with E-state index in [9.17, 15) is 9.59 Å². The average molecular weight is 324 g/mol. The molecule has 1 aliphatic heterocycles. The zero-order valence-corrected chi connectivity index (χ0v) is 14.0. The predicted octanol–water partition coefficient (Wildman–Crippen LogP) is 2.60. The molecule has 1 aromatic rings. The summed E-state index contributed by atoms with van der Waals surface area (Å²) in [5.74, 6) is -0.838. The largest absolute Gasteiger partial charge is 0.480 e. The number of carboxylic acid groups (broad SMARTS) is 1. The molecule has 1 fully saturated rings. The van der Waals surface area contributed by atoms with E-state index in [1.165, 1.54) is 4.88 Å². The summed E-state index contributed by atoms with van der Waals surface area (Å²) < 4.78 is 0. The van der Waals surface area contributed by atoms with Gasteiger partial charge in [0.2, 0.25) is 5.91 Å². The van der Waals surface area contributed by atoms with Crippen molar-refractivity contribution in [3.8, 4) is 0 Å². The number of carbonyl (C=O) groups excluding carboxylic acids is 1. The summed E-state index contributed by atoms with van der Waals surface area (Å²) in [5, 5.41) is 11.1. The maximum atomic E-state index is 12.8. The molecule has 0 bridgehead atoms. The monoisotopic (exact) mass is 324 g/mol. The number of hydrogen-bond donors (Lipinski definition) is 1. The molecule has 0 saturated carbocycles. The Hall–Kier alpha value is -1.40. The summed E-state index contributed by atoms with van der Waals surface area (Å²) in [6, 6.07) is 3.85. The zero-order chi connectivity index (χ0) is 16.1. The summed E-state index contributed by atoms with van der Waals surface area (Å²) >= 11 is 1.68. The van der Waals surface area contributed by atoms with Crippen LogP contribution >= 0.6 is 11.3 Å². The van der Waals surface area contributed by atoms with Crippen molar-refractivity contribution in [3.05, 3.63) is 22.4 Å². The van der Waals surface area contributed by atoms with Crippen LogP contribution in [0.15, 0.2) is 17.5 Å². The normalized spacial score (nSPS) is 19.6. The molecule has 2 unspecified atom stereocenters. The van der Waals surface area contributed by atoms with Crippen molar-refractivity contribution in [3.63, 3.8) is 0 Å². The van der Waals surface area contributed by atoms with Gasteiger partial charge in [-0.25, -0.2) is 0 Å². The molecule has 2 atom stereocenters. The molecule has 0 aromatic carbocycles. The third-order valence-corrected chi connectivity index (χ3v) is 5.14. The molecule has 2 heterocycles. The van der Waals surface area contributed by atoms with Crippen LogP contribution in [0.1, 0.15) is 44.0 Å². The number of carboxylic acids is 1. The quantitative estimate of drug-likeness (QED) is 0.837. The Morgan fingerprint density at radius 3 is 2.91 bits per heavy atom. The highest BCUT2D eigenvalue weighted by Crippen LogP contribution is 2.35. The van der Waals surface area contributed by atoms with Gasteiger partial charge < -0.3 is 10.0 Å². The molecule has 0 aliphatic carbocycles. The number of aliphatic carboxylic acids is 1. The van der Waals surface area contributed by atoms with Crippen LogP contribution in [-0.2, 0) is 9.59 Å². The molecule has 1 aromatic heterocycles. The van der Waals surface area contributed by atoms with Crippen molar-refractivity contribution in [1.82, 2.24) is 9.80 Å². The Bertz CT molecular complexity index is 503. The Morgan fingerprint density at radius 2 is 2.32 bits per heavy atom. The van der Waals surface area contributed by atoms with Gasteiger partial charge in [0.25, 0.3) is 0 Å². The lowest BCUT2D eigenvalue weighted by molar-refractivity contribution is -0.142. The van der Waals surface area contributed by atoms with E-state index in [0.717, 1.165) is 25.8 Å². The predicted molar refractivity (Wildman–Crippen MR) is 87.0 cm³/mol. The molecule has 1 aliphatic rings. The van der Waals surface area contributed by atoms with Crippen LogP contribution in [0.3, 0.4) is 0 Å². The van der Waals surface area contributed by atoms with E-state index in [4.69, 9.17) is 5.11 Å². The first-order valence-electron chi connectivity index (χ1n) is 7.84. The summed E-state index contributed by atoms with van der Waals surface area (Å²) in [7, 11) is 0. The summed E-state index contributed by atoms with van der Waals surface area (Å²) in [5.41, 5.74) is 0. The van der Waals surface area contributed by atoms with Gasteiger partial charge in [-0.15, -0.1) is 11.3 Å². The Balaban J connectivity index is 2.09. The molecule has 0 spiro atoms. The summed E-state index contributed by atoms with van der Waals surface area (Å²) in [6.07, 6.45) is 2.83. The third-order valence-electron chi connectivity index (χ3n) is 4.16. The third kappa shape index (κ3) is 3.87. The second-order valence-electron chi connectivity index (χ2n) is 5.75. The van der Waals surface area contributed by atoms with E-state index < -0.39 is 12.0 Å². The van der Waals surface area contributed by atoms with E-state index in [1.54, 1.807) is 16.2 Å². The van der Waals surface area contributed by atoms with Crippen LogP contribution in [0.5, 0.6) is 0 Å². The number of likely N-dealkylation sites (tertiary alicyclic amines) is 1. The Labute approximate surface area is 135 Å². The minimum atomic E-state index is -0.885. The van der Waals surface area contributed by atoms with Crippen molar-refractivity contribution in [2.75, 3.05) is 19.6 Å². The first-order chi connectivity index (χ1) is 10.5. The lowest BCUT2D eigenvalue weighted by Gasteiger charge is -2.32. The first-order valence-corrected chi connectivity index (χ1v) is 8.72. The first kappa shape index (κ1) is 17.0. The highest BCUT2D eigenvalue weighted by molar-refractivity contribution is 7.10.